The van der Waals surface area contributed by atoms with E-state index in [1.54, 1.807) is 12.1 Å². The molecule has 0 spiro atoms. The molecule has 3 aromatic rings. The number of urea groups is 1. The summed E-state index contributed by atoms with van der Waals surface area (Å²) < 4.78 is 25.5. The molecule has 7 heteroatoms. The van der Waals surface area contributed by atoms with E-state index in [-0.39, 0.29) is 30.1 Å². The van der Waals surface area contributed by atoms with Crippen molar-refractivity contribution >= 4 is 27.5 Å². The Labute approximate surface area is 181 Å². The largest absolute Gasteiger partial charge is 0.327 e. The second kappa shape index (κ2) is 8.50. The van der Waals surface area contributed by atoms with Crippen molar-refractivity contribution in [1.29, 1.82) is 0 Å². The highest BCUT2D eigenvalue weighted by atomic mass is 35.5. The number of hydrogen-bond donors (Lipinski definition) is 1. The first kappa shape index (κ1) is 20.4. The molecule has 4 rings (SSSR count). The number of carbonyl (C=O) groups excluding carboxylic acids is 1. The molecule has 3 aromatic carbocycles. The monoisotopic (exact) mass is 440 g/mol. The number of carbonyl (C=O) groups is 1. The number of nitrogens with one attached hydrogen (secondary N) is 1. The molecule has 2 amide bonds. The molecule has 1 aliphatic heterocycles. The summed E-state index contributed by atoms with van der Waals surface area (Å²) >= 11 is 5.85. The molecule has 0 aliphatic carbocycles. The van der Waals surface area contributed by atoms with Gasteiger partial charge in [-0.05, 0) is 35.4 Å². The molecular formula is C23H21ClN2O3S. The van der Waals surface area contributed by atoms with Gasteiger partial charge >= 0.3 is 6.03 Å². The van der Waals surface area contributed by atoms with Crippen LogP contribution in [0, 0.1) is 0 Å². The topological polar surface area (TPSA) is 66.5 Å². The highest BCUT2D eigenvalue weighted by Crippen LogP contribution is 2.27. The van der Waals surface area contributed by atoms with E-state index >= 15 is 0 Å². The van der Waals surface area contributed by atoms with Gasteiger partial charge in [0.05, 0.1) is 10.9 Å². The van der Waals surface area contributed by atoms with Crippen LogP contribution in [0.4, 0.5) is 4.79 Å². The molecule has 154 valence electrons. The lowest BCUT2D eigenvalue weighted by atomic mass is 9.99. The highest BCUT2D eigenvalue weighted by Gasteiger charge is 2.41. The predicted molar refractivity (Wildman–Crippen MR) is 117 cm³/mol. The summed E-state index contributed by atoms with van der Waals surface area (Å²) in [5.41, 5.74) is 1.92. The number of sulfone groups is 1. The van der Waals surface area contributed by atoms with E-state index < -0.39 is 15.1 Å². The van der Waals surface area contributed by atoms with Crippen LogP contribution in [-0.4, -0.2) is 37.7 Å². The van der Waals surface area contributed by atoms with Crippen molar-refractivity contribution in [2.45, 2.75) is 16.2 Å². The van der Waals surface area contributed by atoms with Crippen LogP contribution in [0.15, 0.2) is 89.8 Å². The van der Waals surface area contributed by atoms with Gasteiger partial charge in [0.1, 0.15) is 5.25 Å². The second-order valence-electron chi connectivity index (χ2n) is 7.23. The molecule has 1 aliphatic rings. The molecule has 30 heavy (non-hydrogen) atoms. The van der Waals surface area contributed by atoms with E-state index in [1.165, 1.54) is 17.0 Å². The summed E-state index contributed by atoms with van der Waals surface area (Å²) in [7, 11) is -3.50. The van der Waals surface area contributed by atoms with Crippen LogP contribution < -0.4 is 5.32 Å². The van der Waals surface area contributed by atoms with E-state index in [0.29, 0.717) is 5.02 Å². The van der Waals surface area contributed by atoms with Crippen LogP contribution in [0.2, 0.25) is 5.02 Å². The van der Waals surface area contributed by atoms with Crippen molar-refractivity contribution in [3.8, 4) is 0 Å². The fourth-order valence-electron chi connectivity index (χ4n) is 3.48. The summed E-state index contributed by atoms with van der Waals surface area (Å²) in [6, 6.07) is 24.9. The van der Waals surface area contributed by atoms with Gasteiger partial charge in [0, 0.05) is 18.1 Å². The Hall–Kier alpha value is -2.83. The van der Waals surface area contributed by atoms with E-state index in [0.717, 1.165) is 11.1 Å². The molecule has 5 nitrogen and oxygen atoms in total. The fourth-order valence-corrected chi connectivity index (χ4v) is 5.26. The lowest BCUT2D eigenvalue weighted by Gasteiger charge is -2.39. The summed E-state index contributed by atoms with van der Waals surface area (Å²) in [6.07, 6.45) is 0. The van der Waals surface area contributed by atoms with Crippen LogP contribution in [0.3, 0.4) is 0 Å². The van der Waals surface area contributed by atoms with Crippen LogP contribution in [0.25, 0.3) is 0 Å². The maximum Gasteiger partial charge on any atom is 0.318 e. The minimum Gasteiger partial charge on any atom is -0.327 e. The minimum absolute atomic E-state index is 0.160. The molecule has 0 aromatic heterocycles. The molecule has 0 unspecified atom stereocenters. The highest BCUT2D eigenvalue weighted by molar-refractivity contribution is 7.92. The van der Waals surface area contributed by atoms with Crippen molar-refractivity contribution in [1.82, 2.24) is 10.2 Å². The summed E-state index contributed by atoms with van der Waals surface area (Å²) in [5, 5.41) is 2.91. The van der Waals surface area contributed by atoms with Crippen molar-refractivity contribution < 1.29 is 13.2 Å². The minimum atomic E-state index is -3.50. The fraction of sp³-hybridized carbons (Fsp3) is 0.174. The van der Waals surface area contributed by atoms with Crippen molar-refractivity contribution in [3.63, 3.8) is 0 Å². The van der Waals surface area contributed by atoms with Gasteiger partial charge in [0.2, 0.25) is 0 Å². The Morgan fingerprint density at radius 3 is 1.87 bits per heavy atom. The number of nitrogens with zero attached hydrogens (tertiary/aromatic N) is 1. The molecular weight excluding hydrogens is 420 g/mol. The van der Waals surface area contributed by atoms with Gasteiger partial charge in [-0.2, -0.15) is 0 Å². The number of amides is 2. The van der Waals surface area contributed by atoms with E-state index in [2.05, 4.69) is 5.32 Å². The molecule has 0 bridgehead atoms. The lowest BCUT2D eigenvalue weighted by molar-refractivity contribution is 0.167. The number of halogens is 1. The summed E-state index contributed by atoms with van der Waals surface area (Å²) in [4.78, 5) is 14.6. The normalized spacial score (nSPS) is 14.4. The molecule has 1 N–H and O–H groups in total. The number of likely N-dealkylation sites (tertiary alicyclic amines) is 1. The first-order chi connectivity index (χ1) is 14.4. The van der Waals surface area contributed by atoms with Gasteiger partial charge in [-0.15, -0.1) is 0 Å². The quantitative estimate of drug-likeness (QED) is 0.643. The third-order valence-corrected chi connectivity index (χ3v) is 7.61. The smallest absolute Gasteiger partial charge is 0.318 e. The SMILES string of the molecule is O=C(NC(c1ccccc1)c1ccccc1)N1CC(S(=O)(=O)c2ccc(Cl)cc2)C1. The zero-order valence-electron chi connectivity index (χ0n) is 16.1. The third kappa shape index (κ3) is 4.20. The van der Waals surface area contributed by atoms with Gasteiger partial charge in [-0.1, -0.05) is 72.3 Å². The van der Waals surface area contributed by atoms with E-state index in [9.17, 15) is 13.2 Å². The number of benzene rings is 3. The molecule has 0 saturated carbocycles. The Bertz CT molecular complexity index is 1070. The maximum atomic E-state index is 12.8. The molecule has 1 fully saturated rings. The van der Waals surface area contributed by atoms with E-state index in [1.807, 2.05) is 60.7 Å². The maximum absolute atomic E-state index is 12.8. The van der Waals surface area contributed by atoms with Crippen molar-refractivity contribution in [2.24, 2.45) is 0 Å². The second-order valence-corrected chi connectivity index (χ2v) is 9.89. The van der Waals surface area contributed by atoms with Crippen molar-refractivity contribution in [3.05, 3.63) is 101 Å². The van der Waals surface area contributed by atoms with Crippen LogP contribution in [0.5, 0.6) is 0 Å². The van der Waals surface area contributed by atoms with Gasteiger partial charge in [0.25, 0.3) is 0 Å². The van der Waals surface area contributed by atoms with Gasteiger partial charge in [-0.25, -0.2) is 13.2 Å². The summed E-state index contributed by atoms with van der Waals surface area (Å²) in [5.74, 6) is 0. The van der Waals surface area contributed by atoms with Gasteiger partial charge in [0.15, 0.2) is 9.84 Å². The van der Waals surface area contributed by atoms with Crippen LogP contribution in [-0.2, 0) is 9.84 Å². The first-order valence-corrected chi connectivity index (χ1v) is 11.5. The van der Waals surface area contributed by atoms with Gasteiger partial charge in [-0.3, -0.25) is 0 Å². The zero-order chi connectivity index (χ0) is 21.1. The Morgan fingerprint density at radius 2 is 1.37 bits per heavy atom. The van der Waals surface area contributed by atoms with Gasteiger partial charge < -0.3 is 10.2 Å². The zero-order valence-corrected chi connectivity index (χ0v) is 17.7. The third-order valence-electron chi connectivity index (χ3n) is 5.25. The predicted octanol–water partition coefficient (Wildman–Crippen LogP) is 4.30. The van der Waals surface area contributed by atoms with Crippen LogP contribution in [0.1, 0.15) is 17.2 Å². The first-order valence-electron chi connectivity index (χ1n) is 9.60. The van der Waals surface area contributed by atoms with Crippen LogP contribution >= 0.6 is 11.6 Å². The number of rotatable bonds is 5. The van der Waals surface area contributed by atoms with Crippen molar-refractivity contribution in [2.75, 3.05) is 13.1 Å². The Kier molecular flexibility index (Phi) is 5.79. The lowest BCUT2D eigenvalue weighted by Crippen LogP contribution is -2.59. The average Bonchev–Trinajstić information content (AvgIpc) is 2.72. The average molecular weight is 441 g/mol. The molecule has 1 heterocycles. The Morgan fingerprint density at radius 1 is 0.867 bits per heavy atom. The molecule has 0 atom stereocenters. The summed E-state index contributed by atoms with van der Waals surface area (Å²) in [6.45, 7) is 0.320. The Balaban J connectivity index is 1.46. The standard InChI is InChI=1S/C23H21ClN2O3S/c24-19-11-13-20(14-12-19)30(28,29)21-15-26(16-21)23(27)25-22(17-7-3-1-4-8-17)18-9-5-2-6-10-18/h1-14,21-22H,15-16H2,(H,25,27). The molecule has 0 radical (unpaired) electrons. The number of hydrogen-bond acceptors (Lipinski definition) is 3. The molecule has 1 saturated heterocycles. The van der Waals surface area contributed by atoms with E-state index in [4.69, 9.17) is 11.6 Å².